The first-order valence-electron chi connectivity index (χ1n) is 5.82. The summed E-state index contributed by atoms with van der Waals surface area (Å²) in [5.74, 6) is -0.985. The number of carbonyl (C=O) groups is 2. The highest BCUT2D eigenvalue weighted by atomic mass is 16.6. The lowest BCUT2D eigenvalue weighted by atomic mass is 9.92. The van der Waals surface area contributed by atoms with Gasteiger partial charge in [0.2, 0.25) is 0 Å². The van der Waals surface area contributed by atoms with E-state index in [9.17, 15) is 14.7 Å². The van der Waals surface area contributed by atoms with E-state index in [1.54, 1.807) is 24.3 Å². The Kier molecular flexibility index (Phi) is 3.62. The van der Waals surface area contributed by atoms with Crippen molar-refractivity contribution in [1.29, 1.82) is 0 Å². The number of nitrogens with one attached hydrogen (secondary N) is 1. The van der Waals surface area contributed by atoms with E-state index >= 15 is 0 Å². The number of hydrogen-bond acceptors (Lipinski definition) is 5. The summed E-state index contributed by atoms with van der Waals surface area (Å²) >= 11 is 0. The molecular weight excluding hydrogens is 234 g/mol. The number of benzene rings is 1. The molecule has 96 valence electrons. The number of esters is 2. The Labute approximate surface area is 105 Å². The summed E-state index contributed by atoms with van der Waals surface area (Å²) in [6, 6.07) is 6.22. The van der Waals surface area contributed by atoms with Crippen molar-refractivity contribution in [1.82, 2.24) is 5.32 Å². The van der Waals surface area contributed by atoms with Gasteiger partial charge in [0.25, 0.3) is 0 Å². The molecule has 0 amide bonds. The number of carbonyl (C=O) groups excluding carboxylic acids is 2. The van der Waals surface area contributed by atoms with E-state index in [-0.39, 0.29) is 11.7 Å². The number of rotatable bonds is 2. The van der Waals surface area contributed by atoms with Crippen molar-refractivity contribution in [3.05, 3.63) is 29.8 Å². The Bertz CT molecular complexity index is 455. The number of phenols is 1. The van der Waals surface area contributed by atoms with E-state index in [0.717, 1.165) is 12.0 Å². The van der Waals surface area contributed by atoms with Gasteiger partial charge in [0.15, 0.2) is 0 Å². The molecule has 0 aliphatic carbocycles. The summed E-state index contributed by atoms with van der Waals surface area (Å²) in [7, 11) is 0. The standard InChI is InChI=1S/C13H15NO4/c1-8(15)18-13(17)12-11(6-7-14-12)9-2-4-10(16)5-3-9/h2-5,11-12,14,16H,6-7H2,1H3/t11?,12-/m0/s1. The maximum absolute atomic E-state index is 11.8. The molecule has 0 saturated carbocycles. The molecule has 2 rings (SSSR count). The topological polar surface area (TPSA) is 75.6 Å². The van der Waals surface area contributed by atoms with Crippen molar-refractivity contribution in [3.8, 4) is 5.75 Å². The van der Waals surface area contributed by atoms with Crippen LogP contribution in [0.15, 0.2) is 24.3 Å². The summed E-state index contributed by atoms with van der Waals surface area (Å²) in [6.45, 7) is 1.91. The second-order valence-corrected chi connectivity index (χ2v) is 4.33. The van der Waals surface area contributed by atoms with E-state index in [0.29, 0.717) is 6.54 Å². The molecule has 1 aromatic carbocycles. The molecule has 5 nitrogen and oxygen atoms in total. The zero-order chi connectivity index (χ0) is 13.1. The Morgan fingerprint density at radius 1 is 1.33 bits per heavy atom. The van der Waals surface area contributed by atoms with Crippen LogP contribution in [0, 0.1) is 0 Å². The fraction of sp³-hybridized carbons (Fsp3) is 0.385. The van der Waals surface area contributed by atoms with Crippen LogP contribution in [-0.4, -0.2) is 29.6 Å². The zero-order valence-electron chi connectivity index (χ0n) is 10.1. The quantitative estimate of drug-likeness (QED) is 0.602. The summed E-state index contributed by atoms with van der Waals surface area (Å²) in [5, 5.41) is 12.3. The van der Waals surface area contributed by atoms with Crippen LogP contribution in [0.25, 0.3) is 0 Å². The van der Waals surface area contributed by atoms with Crippen molar-refractivity contribution in [3.63, 3.8) is 0 Å². The molecule has 1 heterocycles. The van der Waals surface area contributed by atoms with E-state index in [2.05, 4.69) is 10.1 Å². The van der Waals surface area contributed by atoms with E-state index < -0.39 is 18.0 Å². The first kappa shape index (κ1) is 12.6. The Morgan fingerprint density at radius 2 is 2.00 bits per heavy atom. The molecule has 1 saturated heterocycles. The SMILES string of the molecule is CC(=O)OC(=O)[C@H]1NCCC1c1ccc(O)cc1. The molecule has 0 bridgehead atoms. The normalized spacial score (nSPS) is 22.7. The summed E-state index contributed by atoms with van der Waals surface area (Å²) in [6.07, 6.45) is 0.794. The monoisotopic (exact) mass is 249 g/mol. The third kappa shape index (κ3) is 2.68. The largest absolute Gasteiger partial charge is 0.508 e. The average molecular weight is 249 g/mol. The van der Waals surface area contributed by atoms with Gasteiger partial charge in [-0.2, -0.15) is 0 Å². The van der Waals surface area contributed by atoms with Gasteiger partial charge in [-0.15, -0.1) is 0 Å². The van der Waals surface area contributed by atoms with Crippen molar-refractivity contribution in [2.45, 2.75) is 25.3 Å². The van der Waals surface area contributed by atoms with Crippen LogP contribution in [0.4, 0.5) is 0 Å². The van der Waals surface area contributed by atoms with Gasteiger partial charge >= 0.3 is 11.9 Å². The molecule has 2 N–H and O–H groups in total. The minimum Gasteiger partial charge on any atom is -0.508 e. The molecule has 0 radical (unpaired) electrons. The van der Waals surface area contributed by atoms with Crippen LogP contribution >= 0.6 is 0 Å². The Hall–Kier alpha value is -1.88. The van der Waals surface area contributed by atoms with Crippen molar-refractivity contribution in [2.75, 3.05) is 6.54 Å². The Morgan fingerprint density at radius 3 is 2.61 bits per heavy atom. The molecule has 1 fully saturated rings. The molecule has 1 unspecified atom stereocenters. The van der Waals surface area contributed by atoms with Crippen LogP contribution in [0.3, 0.4) is 0 Å². The second kappa shape index (κ2) is 5.18. The van der Waals surface area contributed by atoms with Crippen molar-refractivity contribution in [2.24, 2.45) is 0 Å². The average Bonchev–Trinajstić information content (AvgIpc) is 2.78. The van der Waals surface area contributed by atoms with E-state index in [1.165, 1.54) is 6.92 Å². The summed E-state index contributed by atoms with van der Waals surface area (Å²) in [5.41, 5.74) is 0.948. The summed E-state index contributed by atoms with van der Waals surface area (Å²) < 4.78 is 4.62. The number of hydrogen-bond donors (Lipinski definition) is 2. The van der Waals surface area contributed by atoms with Crippen LogP contribution in [-0.2, 0) is 14.3 Å². The summed E-state index contributed by atoms with van der Waals surface area (Å²) in [4.78, 5) is 22.5. The highest BCUT2D eigenvalue weighted by Gasteiger charge is 2.35. The first-order valence-corrected chi connectivity index (χ1v) is 5.82. The van der Waals surface area contributed by atoms with Gasteiger partial charge in [-0.05, 0) is 30.7 Å². The van der Waals surface area contributed by atoms with Crippen LogP contribution in [0.2, 0.25) is 0 Å². The van der Waals surface area contributed by atoms with Crippen molar-refractivity contribution >= 4 is 11.9 Å². The van der Waals surface area contributed by atoms with E-state index in [4.69, 9.17) is 0 Å². The van der Waals surface area contributed by atoms with Crippen LogP contribution in [0.1, 0.15) is 24.8 Å². The number of ether oxygens (including phenoxy) is 1. The number of phenolic OH excluding ortho intramolecular Hbond substituents is 1. The smallest absolute Gasteiger partial charge is 0.331 e. The zero-order valence-corrected chi connectivity index (χ0v) is 10.1. The van der Waals surface area contributed by atoms with Crippen LogP contribution in [0.5, 0.6) is 5.75 Å². The van der Waals surface area contributed by atoms with Gasteiger partial charge in [0, 0.05) is 12.8 Å². The third-order valence-corrected chi connectivity index (χ3v) is 3.04. The molecule has 1 aromatic rings. The molecule has 0 aromatic heterocycles. The fourth-order valence-electron chi connectivity index (χ4n) is 2.24. The lowest BCUT2D eigenvalue weighted by Gasteiger charge is -2.17. The Balaban J connectivity index is 2.14. The maximum Gasteiger partial charge on any atom is 0.331 e. The molecule has 2 atom stereocenters. The van der Waals surface area contributed by atoms with Gasteiger partial charge < -0.3 is 15.2 Å². The lowest BCUT2D eigenvalue weighted by molar-refractivity contribution is -0.159. The molecule has 1 aliphatic heterocycles. The highest BCUT2D eigenvalue weighted by Crippen LogP contribution is 2.29. The van der Waals surface area contributed by atoms with E-state index in [1.807, 2.05) is 0 Å². The second-order valence-electron chi connectivity index (χ2n) is 4.33. The van der Waals surface area contributed by atoms with Gasteiger partial charge in [0.05, 0.1) is 0 Å². The molecule has 1 aliphatic rings. The predicted octanol–water partition coefficient (Wildman–Crippen LogP) is 0.927. The van der Waals surface area contributed by atoms with Gasteiger partial charge in [-0.1, -0.05) is 12.1 Å². The molecule has 0 spiro atoms. The predicted molar refractivity (Wildman–Crippen MR) is 64.0 cm³/mol. The first-order chi connectivity index (χ1) is 8.58. The molecular formula is C13H15NO4. The fourth-order valence-corrected chi connectivity index (χ4v) is 2.24. The lowest BCUT2D eigenvalue weighted by Crippen LogP contribution is -2.37. The molecule has 18 heavy (non-hydrogen) atoms. The van der Waals surface area contributed by atoms with Crippen molar-refractivity contribution < 1.29 is 19.4 Å². The van der Waals surface area contributed by atoms with Gasteiger partial charge in [-0.3, -0.25) is 4.79 Å². The minimum atomic E-state index is -0.599. The third-order valence-electron chi connectivity index (χ3n) is 3.04. The maximum atomic E-state index is 11.8. The van der Waals surface area contributed by atoms with Gasteiger partial charge in [0.1, 0.15) is 11.8 Å². The van der Waals surface area contributed by atoms with Crippen LogP contribution < -0.4 is 5.32 Å². The molecule has 5 heteroatoms. The van der Waals surface area contributed by atoms with Gasteiger partial charge in [-0.25, -0.2) is 4.79 Å². The highest BCUT2D eigenvalue weighted by molar-refractivity contribution is 5.88. The minimum absolute atomic E-state index is 0.0301. The number of aromatic hydroxyl groups is 1.